The van der Waals surface area contributed by atoms with Gasteiger partial charge in [0.2, 0.25) is 0 Å². The molecule has 2 bridgehead atoms. The van der Waals surface area contributed by atoms with Gasteiger partial charge in [-0.3, -0.25) is 9.88 Å². The van der Waals surface area contributed by atoms with Gasteiger partial charge in [0.05, 0.1) is 24.3 Å². The van der Waals surface area contributed by atoms with Gasteiger partial charge in [-0.1, -0.05) is 6.08 Å². The Morgan fingerprint density at radius 2 is 2.28 bits per heavy atom. The SMILES string of the molecule is C=C[C@@]1(O)CN2CC[C@H]1C[C@@H]2C(O)c1ccnc2ccc(OC)cc12. The number of nitrogens with zero attached hydrogens (tertiary/aromatic N) is 2. The third kappa shape index (κ3) is 2.63. The molecule has 5 atom stereocenters. The van der Waals surface area contributed by atoms with E-state index in [9.17, 15) is 10.2 Å². The molecule has 3 fully saturated rings. The number of pyridine rings is 1. The average molecular weight is 340 g/mol. The van der Waals surface area contributed by atoms with Gasteiger partial charge in [-0.25, -0.2) is 0 Å². The second-order valence-electron chi connectivity index (χ2n) is 7.18. The first-order valence-electron chi connectivity index (χ1n) is 8.76. The van der Waals surface area contributed by atoms with Gasteiger partial charge in [0.1, 0.15) is 5.75 Å². The summed E-state index contributed by atoms with van der Waals surface area (Å²) in [6.07, 6.45) is 4.48. The predicted octanol–water partition coefficient (Wildman–Crippen LogP) is 2.29. The molecule has 0 aliphatic carbocycles. The molecule has 1 aromatic heterocycles. The molecule has 0 radical (unpaired) electrons. The Bertz CT molecular complexity index is 809. The van der Waals surface area contributed by atoms with Crippen LogP contribution in [0.4, 0.5) is 0 Å². The van der Waals surface area contributed by atoms with Crippen LogP contribution >= 0.6 is 0 Å². The molecule has 25 heavy (non-hydrogen) atoms. The number of hydrogen-bond acceptors (Lipinski definition) is 5. The van der Waals surface area contributed by atoms with Crippen LogP contribution in [0.1, 0.15) is 24.5 Å². The quantitative estimate of drug-likeness (QED) is 0.836. The van der Waals surface area contributed by atoms with Crippen molar-refractivity contribution in [2.45, 2.75) is 30.6 Å². The lowest BCUT2D eigenvalue weighted by Crippen LogP contribution is -2.63. The Kier molecular flexibility index (Phi) is 4.02. The summed E-state index contributed by atoms with van der Waals surface area (Å²) in [6.45, 7) is 5.24. The van der Waals surface area contributed by atoms with Crippen molar-refractivity contribution >= 4 is 10.9 Å². The van der Waals surface area contributed by atoms with Crippen LogP contribution in [0.2, 0.25) is 0 Å². The first-order valence-corrected chi connectivity index (χ1v) is 8.76. The van der Waals surface area contributed by atoms with Gasteiger partial charge in [-0.2, -0.15) is 0 Å². The number of benzene rings is 1. The Labute approximate surface area is 147 Å². The van der Waals surface area contributed by atoms with Gasteiger partial charge in [0.25, 0.3) is 0 Å². The maximum absolute atomic E-state index is 11.2. The minimum absolute atomic E-state index is 0.00391. The van der Waals surface area contributed by atoms with Crippen molar-refractivity contribution in [3.8, 4) is 5.75 Å². The van der Waals surface area contributed by atoms with Gasteiger partial charge in [-0.15, -0.1) is 6.58 Å². The van der Waals surface area contributed by atoms with Crippen molar-refractivity contribution in [3.63, 3.8) is 0 Å². The fraction of sp³-hybridized carbons (Fsp3) is 0.450. The van der Waals surface area contributed by atoms with Crippen LogP contribution in [0, 0.1) is 5.92 Å². The van der Waals surface area contributed by atoms with Gasteiger partial charge in [-0.05, 0) is 55.1 Å². The van der Waals surface area contributed by atoms with E-state index in [4.69, 9.17) is 4.74 Å². The Morgan fingerprint density at radius 1 is 1.44 bits per heavy atom. The van der Waals surface area contributed by atoms with Crippen LogP contribution in [0.5, 0.6) is 5.75 Å². The highest BCUT2D eigenvalue weighted by Gasteiger charge is 2.49. The maximum Gasteiger partial charge on any atom is 0.119 e. The topological polar surface area (TPSA) is 65.8 Å². The molecule has 0 saturated carbocycles. The molecule has 5 rings (SSSR count). The second-order valence-corrected chi connectivity index (χ2v) is 7.18. The zero-order valence-corrected chi connectivity index (χ0v) is 14.4. The van der Waals surface area contributed by atoms with Crippen LogP contribution in [0.25, 0.3) is 10.9 Å². The third-order valence-corrected chi connectivity index (χ3v) is 5.94. The standard InChI is InChI=1S/C20H24N2O3/c1-3-20(24)12-22-9-7-13(20)10-18(22)19(23)15-6-8-21-17-5-4-14(25-2)11-16(15)17/h3-6,8,11,13,18-19,23-24H,1,7,9-10,12H2,2H3/t13-,18+,19?,20+/m0/s1. The summed E-state index contributed by atoms with van der Waals surface area (Å²) in [5.74, 6) is 0.901. The highest BCUT2D eigenvalue weighted by Crippen LogP contribution is 2.44. The second kappa shape index (κ2) is 6.09. The number of hydrogen-bond donors (Lipinski definition) is 2. The number of aliphatic hydroxyl groups is 2. The molecular formula is C20H24N2O3. The molecular weight excluding hydrogens is 316 g/mol. The molecule has 3 aliphatic heterocycles. The summed E-state index contributed by atoms with van der Waals surface area (Å²) >= 11 is 0. The number of methoxy groups -OCH3 is 1. The number of aliphatic hydroxyl groups excluding tert-OH is 1. The van der Waals surface area contributed by atoms with Gasteiger partial charge < -0.3 is 14.9 Å². The molecule has 0 spiro atoms. The highest BCUT2D eigenvalue weighted by molar-refractivity contribution is 5.83. The van der Waals surface area contributed by atoms with E-state index in [-0.39, 0.29) is 12.0 Å². The van der Waals surface area contributed by atoms with E-state index in [0.717, 1.165) is 41.6 Å². The van der Waals surface area contributed by atoms with E-state index in [1.807, 2.05) is 24.3 Å². The Balaban J connectivity index is 1.69. The zero-order valence-electron chi connectivity index (χ0n) is 14.4. The fourth-order valence-corrected chi connectivity index (χ4v) is 4.45. The van der Waals surface area contributed by atoms with E-state index in [1.54, 1.807) is 19.4 Å². The van der Waals surface area contributed by atoms with E-state index >= 15 is 0 Å². The van der Waals surface area contributed by atoms with E-state index in [1.165, 1.54) is 0 Å². The Morgan fingerprint density at radius 3 is 2.96 bits per heavy atom. The third-order valence-electron chi connectivity index (χ3n) is 5.94. The molecule has 132 valence electrons. The van der Waals surface area contributed by atoms with Crippen molar-refractivity contribution in [3.05, 3.63) is 48.7 Å². The van der Waals surface area contributed by atoms with Crippen LogP contribution in [0.3, 0.4) is 0 Å². The van der Waals surface area contributed by atoms with Crippen LogP contribution in [-0.4, -0.2) is 51.9 Å². The van der Waals surface area contributed by atoms with E-state index in [2.05, 4.69) is 16.5 Å². The summed E-state index contributed by atoms with van der Waals surface area (Å²) in [5.41, 5.74) is 0.873. The van der Waals surface area contributed by atoms with Crippen LogP contribution < -0.4 is 4.74 Å². The number of aromatic nitrogens is 1. The summed E-state index contributed by atoms with van der Waals surface area (Å²) in [6, 6.07) is 7.60. The van der Waals surface area contributed by atoms with Gasteiger partial charge >= 0.3 is 0 Å². The number of ether oxygens (including phenoxy) is 1. The lowest BCUT2D eigenvalue weighted by atomic mass is 9.71. The first kappa shape index (κ1) is 16.5. The van der Waals surface area contributed by atoms with Crippen molar-refractivity contribution in [1.82, 2.24) is 9.88 Å². The largest absolute Gasteiger partial charge is 0.497 e. The lowest BCUT2D eigenvalue weighted by Gasteiger charge is -2.54. The molecule has 5 heteroatoms. The maximum atomic E-state index is 11.2. The minimum Gasteiger partial charge on any atom is -0.497 e. The zero-order chi connectivity index (χ0) is 17.6. The summed E-state index contributed by atoms with van der Waals surface area (Å²) < 4.78 is 5.33. The normalized spacial score (nSPS) is 32.5. The molecule has 1 aromatic carbocycles. The molecule has 2 aromatic rings. The van der Waals surface area contributed by atoms with E-state index < -0.39 is 11.7 Å². The monoisotopic (exact) mass is 340 g/mol. The first-order chi connectivity index (χ1) is 12.1. The number of fused-ring (bicyclic) bond motifs is 4. The van der Waals surface area contributed by atoms with Gasteiger partial charge in [0, 0.05) is 24.2 Å². The lowest BCUT2D eigenvalue weighted by molar-refractivity contribution is -0.127. The highest BCUT2D eigenvalue weighted by atomic mass is 16.5. The van der Waals surface area contributed by atoms with Crippen molar-refractivity contribution in [2.24, 2.45) is 5.92 Å². The van der Waals surface area contributed by atoms with Crippen molar-refractivity contribution in [2.75, 3.05) is 20.2 Å². The van der Waals surface area contributed by atoms with Gasteiger partial charge in [0.15, 0.2) is 0 Å². The van der Waals surface area contributed by atoms with E-state index in [0.29, 0.717) is 6.54 Å². The van der Waals surface area contributed by atoms with Crippen LogP contribution in [-0.2, 0) is 0 Å². The number of piperidine rings is 3. The Hall–Kier alpha value is -1.95. The van der Waals surface area contributed by atoms with Crippen molar-refractivity contribution in [1.29, 1.82) is 0 Å². The van der Waals surface area contributed by atoms with Crippen LogP contribution in [0.15, 0.2) is 43.1 Å². The number of rotatable bonds is 4. The molecule has 3 aliphatic rings. The molecule has 2 N–H and O–H groups in total. The summed E-state index contributed by atoms with van der Waals surface area (Å²) in [7, 11) is 1.63. The van der Waals surface area contributed by atoms with Crippen molar-refractivity contribution < 1.29 is 14.9 Å². The molecule has 3 saturated heterocycles. The summed E-state index contributed by atoms with van der Waals surface area (Å²) in [4.78, 5) is 6.59. The minimum atomic E-state index is -0.835. The molecule has 0 amide bonds. The average Bonchev–Trinajstić information content (AvgIpc) is 2.66. The smallest absolute Gasteiger partial charge is 0.119 e. The molecule has 4 heterocycles. The molecule has 2 unspecified atom stereocenters. The molecule has 5 nitrogen and oxygen atoms in total. The predicted molar refractivity (Wildman–Crippen MR) is 96.5 cm³/mol. The summed E-state index contributed by atoms with van der Waals surface area (Å²) in [5, 5.41) is 22.8. The fourth-order valence-electron chi connectivity index (χ4n) is 4.45.